The summed E-state index contributed by atoms with van der Waals surface area (Å²) < 4.78 is 5.86. The van der Waals surface area contributed by atoms with Crippen LogP contribution in [-0.4, -0.2) is 0 Å². The topological polar surface area (TPSA) is 23.9 Å². The Morgan fingerprint density at radius 2 is 1.00 bits per heavy atom. The molecule has 0 atom stereocenters. The van der Waals surface area contributed by atoms with Crippen molar-refractivity contribution in [1.29, 1.82) is 3.76 Å². The van der Waals surface area contributed by atoms with Gasteiger partial charge in [0.15, 0.2) is 0 Å². The SMILES string of the molecule is C[CH-]C.[Cl-].[Cl-].[Cl-].[NH]=[Ta]. The number of hydrogen-bond acceptors (Lipinski definition) is 1. The van der Waals surface area contributed by atoms with Gasteiger partial charge in [0.05, 0.1) is 0 Å². The summed E-state index contributed by atoms with van der Waals surface area (Å²) in [6.07, 6.45) is 2.00. The van der Waals surface area contributed by atoms with Crippen molar-refractivity contribution in [3.05, 3.63) is 6.42 Å². The number of nitrogens with one attached hydrogen (secondary N) is 1. The summed E-state index contributed by atoms with van der Waals surface area (Å²) in [6.45, 7) is 4.00. The zero-order valence-electron chi connectivity index (χ0n) is 4.66. The summed E-state index contributed by atoms with van der Waals surface area (Å²) in [5, 5.41) is 0. The van der Waals surface area contributed by atoms with Gasteiger partial charge in [-0.05, 0) is 0 Å². The summed E-state index contributed by atoms with van der Waals surface area (Å²) in [7, 11) is 0. The van der Waals surface area contributed by atoms with Gasteiger partial charge in [-0.25, -0.2) is 0 Å². The average Bonchev–Trinajstić information content (AvgIpc) is 1.46. The molecule has 0 aliphatic carbocycles. The molecule has 5 heteroatoms. The van der Waals surface area contributed by atoms with Crippen LogP contribution in [0.3, 0.4) is 0 Å². The minimum absolute atomic E-state index is 0. The molecule has 0 spiro atoms. The Morgan fingerprint density at radius 3 is 1.00 bits per heavy atom. The molecule has 0 aliphatic rings. The molecule has 0 bridgehead atoms. The zero-order valence-corrected chi connectivity index (χ0v) is 10.1. The van der Waals surface area contributed by atoms with Crippen LogP contribution in [0, 0.1) is 10.2 Å². The molecule has 55 valence electrons. The van der Waals surface area contributed by atoms with E-state index in [1.807, 2.05) is 20.3 Å². The van der Waals surface area contributed by atoms with Crippen LogP contribution in [0.2, 0.25) is 0 Å². The van der Waals surface area contributed by atoms with E-state index in [0.29, 0.717) is 20.9 Å². The molecule has 8 heavy (non-hydrogen) atoms. The van der Waals surface area contributed by atoms with Crippen molar-refractivity contribution in [2.45, 2.75) is 13.8 Å². The first-order valence-corrected chi connectivity index (χ1v) is 2.99. The van der Waals surface area contributed by atoms with Crippen LogP contribution in [0.5, 0.6) is 0 Å². The molecular formula is C3H8Cl3NTa-4. The Labute approximate surface area is 81.8 Å². The second kappa shape index (κ2) is 79.5. The molecule has 0 saturated heterocycles. The van der Waals surface area contributed by atoms with Crippen LogP contribution in [0.1, 0.15) is 13.8 Å². The summed E-state index contributed by atoms with van der Waals surface area (Å²) in [6, 6.07) is 0. The standard InChI is InChI=1S/C3H7.3ClH.HN.Ta/c1-3-2;;;;;/h3H,1-2H3;4*1H;/q-1;;;;;/p-3. The Kier molecular flexibility index (Phi) is 340. The molecule has 0 aromatic heterocycles. The maximum atomic E-state index is 5.86. The molecule has 0 fully saturated rings. The molecule has 1 nitrogen and oxygen atoms in total. The quantitative estimate of drug-likeness (QED) is 0.422. The van der Waals surface area contributed by atoms with Gasteiger partial charge in [0.25, 0.3) is 0 Å². The number of halogens is 3. The molecule has 0 unspecified atom stereocenters. The predicted molar refractivity (Wildman–Crippen MR) is 18.4 cm³/mol. The first-order chi connectivity index (χ1) is 2.41. The van der Waals surface area contributed by atoms with E-state index in [1.165, 1.54) is 0 Å². The van der Waals surface area contributed by atoms with Crippen molar-refractivity contribution in [1.82, 2.24) is 0 Å². The van der Waals surface area contributed by atoms with E-state index in [-0.39, 0.29) is 37.2 Å². The van der Waals surface area contributed by atoms with Crippen LogP contribution < -0.4 is 37.2 Å². The van der Waals surface area contributed by atoms with Gasteiger partial charge in [-0.1, -0.05) is 0 Å². The second-order valence-corrected chi connectivity index (χ2v) is 0.577. The summed E-state index contributed by atoms with van der Waals surface area (Å²) in [5.41, 5.74) is 0. The minimum atomic E-state index is 0. The van der Waals surface area contributed by atoms with E-state index in [2.05, 4.69) is 0 Å². The third-order valence-corrected chi connectivity index (χ3v) is 0. The summed E-state index contributed by atoms with van der Waals surface area (Å²) in [4.78, 5) is 0. The number of rotatable bonds is 0. The summed E-state index contributed by atoms with van der Waals surface area (Å²) >= 11 is 0.694. The Balaban J connectivity index is -0.00000000567. The van der Waals surface area contributed by atoms with Gasteiger partial charge in [-0.3, -0.25) is 0 Å². The molecule has 0 rings (SSSR count). The fourth-order valence-electron chi connectivity index (χ4n) is 0. The van der Waals surface area contributed by atoms with Crippen molar-refractivity contribution in [2.75, 3.05) is 0 Å². The van der Waals surface area contributed by atoms with Gasteiger partial charge in [0.2, 0.25) is 0 Å². The molecule has 1 N–H and O–H groups in total. The van der Waals surface area contributed by atoms with Gasteiger partial charge < -0.3 is 43.6 Å². The van der Waals surface area contributed by atoms with Crippen molar-refractivity contribution in [2.24, 2.45) is 0 Å². The van der Waals surface area contributed by atoms with Crippen molar-refractivity contribution >= 4 is 0 Å². The van der Waals surface area contributed by atoms with Crippen LogP contribution >= 0.6 is 0 Å². The second-order valence-electron chi connectivity index (χ2n) is 0.577. The van der Waals surface area contributed by atoms with E-state index < -0.39 is 0 Å². The molecular weight excluding hydrogens is 337 g/mol. The summed E-state index contributed by atoms with van der Waals surface area (Å²) in [5.74, 6) is 0. The average molecular weight is 345 g/mol. The van der Waals surface area contributed by atoms with Crippen LogP contribution in [0.15, 0.2) is 0 Å². The fraction of sp³-hybridized carbons (Fsp3) is 0.667. The monoisotopic (exact) mass is 344 g/mol. The van der Waals surface area contributed by atoms with E-state index >= 15 is 0 Å². The molecule has 0 aromatic rings. The first-order valence-electron chi connectivity index (χ1n) is 1.38. The van der Waals surface area contributed by atoms with Gasteiger partial charge in [0, 0.05) is 0 Å². The van der Waals surface area contributed by atoms with Crippen LogP contribution in [0.25, 0.3) is 0 Å². The zero-order chi connectivity index (χ0) is 4.71. The Morgan fingerprint density at radius 1 is 1.00 bits per heavy atom. The molecule has 0 radical (unpaired) electrons. The molecule has 0 aromatic carbocycles. The van der Waals surface area contributed by atoms with Crippen LogP contribution in [0.4, 0.5) is 0 Å². The normalized spacial score (nSPS) is 2.62. The van der Waals surface area contributed by atoms with Crippen molar-refractivity contribution < 1.29 is 58.1 Å². The predicted octanol–water partition coefficient (Wildman–Crippen LogP) is -7.46. The molecule has 0 saturated carbocycles. The van der Waals surface area contributed by atoms with Crippen LogP contribution in [-0.2, 0) is 20.9 Å². The van der Waals surface area contributed by atoms with Gasteiger partial charge in [0.1, 0.15) is 0 Å². The molecule has 0 aliphatic heterocycles. The third kappa shape index (κ3) is 153. The van der Waals surface area contributed by atoms with Gasteiger partial charge in [-0.2, -0.15) is 13.8 Å². The molecule has 0 amide bonds. The van der Waals surface area contributed by atoms with E-state index in [4.69, 9.17) is 3.76 Å². The number of hydrogen-bond donors (Lipinski definition) is 1. The Hall–Kier alpha value is 1.41. The van der Waals surface area contributed by atoms with E-state index in [0.717, 1.165) is 0 Å². The van der Waals surface area contributed by atoms with E-state index in [1.54, 1.807) is 0 Å². The fourth-order valence-corrected chi connectivity index (χ4v) is 0. The maximum absolute atomic E-state index is 5.86. The van der Waals surface area contributed by atoms with E-state index in [9.17, 15) is 0 Å². The van der Waals surface area contributed by atoms with Gasteiger partial charge in [-0.15, -0.1) is 0 Å². The first kappa shape index (κ1) is 34.2. The van der Waals surface area contributed by atoms with Crippen molar-refractivity contribution in [3.8, 4) is 0 Å². The third-order valence-electron chi connectivity index (χ3n) is 0. The van der Waals surface area contributed by atoms with Gasteiger partial charge >= 0.3 is 24.6 Å². The molecule has 0 heterocycles. The Bertz CT molecular complexity index is 18.5. The van der Waals surface area contributed by atoms with Crippen molar-refractivity contribution in [3.63, 3.8) is 0 Å².